The Morgan fingerprint density at radius 1 is 1.30 bits per heavy atom. The average Bonchev–Trinajstić information content (AvgIpc) is 2.38. The van der Waals surface area contributed by atoms with E-state index in [2.05, 4.69) is 5.32 Å². The first-order valence-corrected chi connectivity index (χ1v) is 7.36. The highest BCUT2D eigenvalue weighted by Crippen LogP contribution is 2.38. The van der Waals surface area contributed by atoms with Crippen LogP contribution >= 0.6 is 0 Å². The summed E-state index contributed by atoms with van der Waals surface area (Å²) in [5, 5.41) is 3.38. The molecule has 1 aromatic carbocycles. The quantitative estimate of drug-likeness (QED) is 0.856. The number of nitrogens with one attached hydrogen (secondary N) is 1. The van der Waals surface area contributed by atoms with Gasteiger partial charge >= 0.3 is 0 Å². The molecule has 0 aromatic heterocycles. The number of alkyl halides is 2. The van der Waals surface area contributed by atoms with Gasteiger partial charge in [-0.15, -0.1) is 0 Å². The van der Waals surface area contributed by atoms with E-state index in [9.17, 15) is 13.2 Å². The number of halogens is 3. The van der Waals surface area contributed by atoms with E-state index >= 15 is 0 Å². The van der Waals surface area contributed by atoms with E-state index < -0.39 is 5.92 Å². The zero-order valence-electron chi connectivity index (χ0n) is 11.8. The Balaban J connectivity index is 2.00. The number of hydrogen-bond acceptors (Lipinski definition) is 1. The molecule has 20 heavy (non-hydrogen) atoms. The molecule has 1 saturated carbocycles. The molecule has 1 N–H and O–H groups in total. The number of hydrogen-bond donors (Lipinski definition) is 1. The SMILES string of the molecule is CCNC(Cc1cccc(F)c1)C1CCC(F)(F)CC1. The highest BCUT2D eigenvalue weighted by atomic mass is 19.3. The minimum Gasteiger partial charge on any atom is -0.314 e. The topological polar surface area (TPSA) is 12.0 Å². The Morgan fingerprint density at radius 2 is 2.00 bits per heavy atom. The van der Waals surface area contributed by atoms with Crippen LogP contribution in [0.5, 0.6) is 0 Å². The molecule has 4 heteroatoms. The van der Waals surface area contributed by atoms with Gasteiger partial charge in [0.1, 0.15) is 5.82 Å². The van der Waals surface area contributed by atoms with Crippen LogP contribution in [0.2, 0.25) is 0 Å². The summed E-state index contributed by atoms with van der Waals surface area (Å²) in [5.41, 5.74) is 0.924. The summed E-state index contributed by atoms with van der Waals surface area (Å²) >= 11 is 0. The smallest absolute Gasteiger partial charge is 0.248 e. The fraction of sp³-hybridized carbons (Fsp3) is 0.625. The van der Waals surface area contributed by atoms with Crippen LogP contribution in [-0.4, -0.2) is 18.5 Å². The van der Waals surface area contributed by atoms with E-state index in [0.29, 0.717) is 19.3 Å². The van der Waals surface area contributed by atoms with E-state index in [1.54, 1.807) is 6.07 Å². The third kappa shape index (κ3) is 4.23. The van der Waals surface area contributed by atoms with Crippen LogP contribution in [0.3, 0.4) is 0 Å². The molecule has 0 aliphatic heterocycles. The Hall–Kier alpha value is -1.03. The predicted octanol–water partition coefficient (Wildman–Crippen LogP) is 4.17. The maximum absolute atomic E-state index is 13.2. The van der Waals surface area contributed by atoms with Gasteiger partial charge in [0.05, 0.1) is 0 Å². The third-order valence-electron chi connectivity index (χ3n) is 4.14. The number of likely N-dealkylation sites (N-methyl/N-ethyl adjacent to an activating group) is 1. The molecule has 0 heterocycles. The first kappa shape index (κ1) is 15.4. The molecular weight excluding hydrogens is 263 g/mol. The molecule has 1 aliphatic carbocycles. The van der Waals surface area contributed by atoms with Gasteiger partial charge in [0.2, 0.25) is 5.92 Å². The van der Waals surface area contributed by atoms with E-state index in [1.807, 2.05) is 13.0 Å². The Morgan fingerprint density at radius 3 is 2.60 bits per heavy atom. The maximum atomic E-state index is 13.2. The van der Waals surface area contributed by atoms with Crippen molar-refractivity contribution in [2.75, 3.05) is 6.54 Å². The van der Waals surface area contributed by atoms with Crippen molar-refractivity contribution >= 4 is 0 Å². The van der Waals surface area contributed by atoms with Crippen molar-refractivity contribution in [1.29, 1.82) is 0 Å². The molecule has 1 aliphatic rings. The van der Waals surface area contributed by atoms with E-state index in [0.717, 1.165) is 12.1 Å². The molecule has 0 amide bonds. The summed E-state index contributed by atoms with van der Waals surface area (Å²) in [6, 6.07) is 6.69. The second kappa shape index (κ2) is 6.61. The normalized spacial score (nSPS) is 20.8. The zero-order valence-corrected chi connectivity index (χ0v) is 11.8. The van der Waals surface area contributed by atoms with Crippen molar-refractivity contribution in [3.05, 3.63) is 35.6 Å². The molecule has 0 saturated heterocycles. The van der Waals surface area contributed by atoms with E-state index in [1.165, 1.54) is 12.1 Å². The predicted molar refractivity (Wildman–Crippen MR) is 74.5 cm³/mol. The molecular formula is C16H22F3N. The molecule has 0 radical (unpaired) electrons. The van der Waals surface area contributed by atoms with Gasteiger partial charge in [-0.1, -0.05) is 19.1 Å². The van der Waals surface area contributed by atoms with Crippen molar-refractivity contribution in [3.8, 4) is 0 Å². The van der Waals surface area contributed by atoms with Crippen LogP contribution in [-0.2, 0) is 6.42 Å². The third-order valence-corrected chi connectivity index (χ3v) is 4.14. The van der Waals surface area contributed by atoms with Gasteiger partial charge in [-0.2, -0.15) is 0 Å². The molecule has 2 rings (SSSR count). The summed E-state index contributed by atoms with van der Waals surface area (Å²) in [6.45, 7) is 2.81. The highest BCUT2D eigenvalue weighted by Gasteiger charge is 2.37. The molecule has 0 bridgehead atoms. The molecule has 1 fully saturated rings. The lowest BCUT2D eigenvalue weighted by molar-refractivity contribution is -0.0494. The lowest BCUT2D eigenvalue weighted by Crippen LogP contribution is -2.41. The molecule has 1 aromatic rings. The maximum Gasteiger partial charge on any atom is 0.248 e. The monoisotopic (exact) mass is 285 g/mol. The summed E-state index contributed by atoms with van der Waals surface area (Å²) in [7, 11) is 0. The van der Waals surface area contributed by atoms with Crippen molar-refractivity contribution in [2.45, 2.75) is 51.0 Å². The lowest BCUT2D eigenvalue weighted by atomic mass is 9.80. The van der Waals surface area contributed by atoms with Crippen molar-refractivity contribution in [1.82, 2.24) is 5.32 Å². The minimum atomic E-state index is -2.49. The first-order chi connectivity index (χ1) is 9.50. The van der Waals surface area contributed by atoms with Crippen molar-refractivity contribution in [2.24, 2.45) is 5.92 Å². The molecule has 1 unspecified atom stereocenters. The average molecular weight is 285 g/mol. The van der Waals surface area contributed by atoms with Gasteiger partial charge < -0.3 is 5.32 Å². The highest BCUT2D eigenvalue weighted by molar-refractivity contribution is 5.17. The largest absolute Gasteiger partial charge is 0.314 e. The fourth-order valence-electron chi connectivity index (χ4n) is 3.05. The second-order valence-electron chi connectivity index (χ2n) is 5.69. The van der Waals surface area contributed by atoms with Crippen molar-refractivity contribution in [3.63, 3.8) is 0 Å². The Bertz CT molecular complexity index is 423. The van der Waals surface area contributed by atoms with Crippen molar-refractivity contribution < 1.29 is 13.2 Å². The van der Waals surface area contributed by atoms with Crippen LogP contribution in [0, 0.1) is 11.7 Å². The molecule has 1 nitrogen and oxygen atoms in total. The zero-order chi connectivity index (χ0) is 14.6. The van der Waals surface area contributed by atoms with Crippen LogP contribution in [0.1, 0.15) is 38.2 Å². The number of benzene rings is 1. The minimum absolute atomic E-state index is 0.0251. The Labute approximate surface area is 118 Å². The summed E-state index contributed by atoms with van der Waals surface area (Å²) in [4.78, 5) is 0. The lowest BCUT2D eigenvalue weighted by Gasteiger charge is -2.34. The number of rotatable bonds is 5. The summed E-state index contributed by atoms with van der Waals surface area (Å²) in [6.07, 6.45) is 1.73. The van der Waals surface area contributed by atoms with Crippen LogP contribution in [0.4, 0.5) is 13.2 Å². The van der Waals surface area contributed by atoms with E-state index in [4.69, 9.17) is 0 Å². The van der Waals surface area contributed by atoms with Gasteiger partial charge in [0, 0.05) is 18.9 Å². The van der Waals surface area contributed by atoms with E-state index in [-0.39, 0.29) is 30.6 Å². The Kier molecular flexibility index (Phi) is 5.08. The van der Waals surface area contributed by atoms with Gasteiger partial charge in [-0.05, 0) is 49.4 Å². The van der Waals surface area contributed by atoms with Gasteiger partial charge in [0.25, 0.3) is 0 Å². The molecule has 112 valence electrons. The van der Waals surface area contributed by atoms with Crippen LogP contribution in [0.15, 0.2) is 24.3 Å². The van der Waals surface area contributed by atoms with Gasteiger partial charge in [0.15, 0.2) is 0 Å². The molecule has 1 atom stereocenters. The standard InChI is InChI=1S/C16H22F3N/c1-2-20-15(11-12-4-3-5-14(17)10-12)13-6-8-16(18,19)9-7-13/h3-5,10,13,15,20H,2,6-9,11H2,1H3. The van der Waals surface area contributed by atoms with Gasteiger partial charge in [-0.25, -0.2) is 13.2 Å². The second-order valence-corrected chi connectivity index (χ2v) is 5.69. The molecule has 0 spiro atoms. The van der Waals surface area contributed by atoms with Crippen LogP contribution < -0.4 is 5.32 Å². The first-order valence-electron chi connectivity index (χ1n) is 7.36. The fourth-order valence-corrected chi connectivity index (χ4v) is 3.05. The summed E-state index contributed by atoms with van der Waals surface area (Å²) < 4.78 is 39.7. The van der Waals surface area contributed by atoms with Crippen LogP contribution in [0.25, 0.3) is 0 Å². The van der Waals surface area contributed by atoms with Gasteiger partial charge in [-0.3, -0.25) is 0 Å². The summed E-state index contributed by atoms with van der Waals surface area (Å²) in [5.74, 6) is -2.49.